The number of amides is 1. The standard InChI is InChI=1S/C19H19N3O2S2/c1-24-10-17-20-15(11-25-17)18(23)22-19-21-14-8-7-13(9-16(14)26-19)12-5-3-2-4-6-12/h2-6,11,13H,7-10H2,1H3,(H,21,22,23). The number of methoxy groups -OCH3 is 1. The van der Waals surface area contributed by atoms with Crippen LogP contribution in [0, 0.1) is 0 Å². The Morgan fingerprint density at radius 3 is 2.96 bits per heavy atom. The van der Waals surface area contributed by atoms with E-state index in [9.17, 15) is 4.79 Å². The van der Waals surface area contributed by atoms with Crippen LogP contribution in [-0.2, 0) is 24.2 Å². The molecule has 0 radical (unpaired) electrons. The number of rotatable bonds is 5. The fraction of sp³-hybridized carbons (Fsp3) is 0.316. The van der Waals surface area contributed by atoms with Crippen molar-refractivity contribution in [3.63, 3.8) is 0 Å². The SMILES string of the molecule is COCc1nc(C(=O)Nc2nc3c(s2)CC(c2ccccc2)CC3)cs1. The van der Waals surface area contributed by atoms with Gasteiger partial charge in [0.05, 0.1) is 12.3 Å². The van der Waals surface area contributed by atoms with Crippen molar-refractivity contribution < 1.29 is 9.53 Å². The number of carbonyl (C=O) groups is 1. The van der Waals surface area contributed by atoms with Gasteiger partial charge >= 0.3 is 0 Å². The van der Waals surface area contributed by atoms with Crippen LogP contribution in [0.1, 0.15) is 44.0 Å². The molecule has 0 fully saturated rings. The van der Waals surface area contributed by atoms with E-state index in [1.807, 2.05) is 0 Å². The van der Waals surface area contributed by atoms with E-state index < -0.39 is 0 Å². The number of nitrogens with zero attached hydrogens (tertiary/aromatic N) is 2. The third kappa shape index (κ3) is 3.70. The highest BCUT2D eigenvalue weighted by molar-refractivity contribution is 7.16. The van der Waals surface area contributed by atoms with E-state index in [2.05, 4.69) is 45.6 Å². The van der Waals surface area contributed by atoms with Crippen LogP contribution < -0.4 is 5.32 Å². The molecule has 1 aliphatic carbocycles. The highest BCUT2D eigenvalue weighted by Gasteiger charge is 2.24. The number of ether oxygens (including phenoxy) is 1. The first-order valence-corrected chi connectivity index (χ1v) is 10.2. The predicted molar refractivity (Wildman–Crippen MR) is 104 cm³/mol. The Morgan fingerprint density at radius 1 is 1.31 bits per heavy atom. The van der Waals surface area contributed by atoms with Crippen LogP contribution >= 0.6 is 22.7 Å². The van der Waals surface area contributed by atoms with Gasteiger partial charge in [0.1, 0.15) is 10.7 Å². The fourth-order valence-electron chi connectivity index (χ4n) is 3.20. The summed E-state index contributed by atoms with van der Waals surface area (Å²) in [5.41, 5.74) is 2.92. The zero-order valence-electron chi connectivity index (χ0n) is 14.4. The fourth-order valence-corrected chi connectivity index (χ4v) is 5.03. The minimum Gasteiger partial charge on any atom is -0.378 e. The number of aromatic nitrogens is 2. The van der Waals surface area contributed by atoms with E-state index >= 15 is 0 Å². The van der Waals surface area contributed by atoms with Crippen LogP contribution in [0.5, 0.6) is 0 Å². The molecule has 7 heteroatoms. The van der Waals surface area contributed by atoms with Gasteiger partial charge in [-0.25, -0.2) is 9.97 Å². The molecule has 4 rings (SSSR count). The number of aryl methyl sites for hydroxylation is 1. The van der Waals surface area contributed by atoms with Crippen molar-refractivity contribution in [3.8, 4) is 0 Å². The number of hydrogen-bond donors (Lipinski definition) is 1. The number of fused-ring (bicyclic) bond motifs is 1. The molecule has 0 saturated carbocycles. The minimum absolute atomic E-state index is 0.214. The van der Waals surface area contributed by atoms with E-state index in [-0.39, 0.29) is 5.91 Å². The number of thiazole rings is 2. The van der Waals surface area contributed by atoms with Crippen molar-refractivity contribution >= 4 is 33.7 Å². The molecule has 3 aromatic rings. The lowest BCUT2D eigenvalue weighted by atomic mass is 9.85. The van der Waals surface area contributed by atoms with Crippen molar-refractivity contribution in [2.75, 3.05) is 12.4 Å². The van der Waals surface area contributed by atoms with Gasteiger partial charge in [0, 0.05) is 17.4 Å². The molecule has 26 heavy (non-hydrogen) atoms. The van der Waals surface area contributed by atoms with E-state index in [1.165, 1.54) is 21.8 Å². The van der Waals surface area contributed by atoms with Gasteiger partial charge in [-0.1, -0.05) is 30.3 Å². The largest absolute Gasteiger partial charge is 0.378 e. The van der Waals surface area contributed by atoms with Crippen LogP contribution in [0.4, 0.5) is 5.13 Å². The van der Waals surface area contributed by atoms with E-state index in [0.717, 1.165) is 30.0 Å². The molecule has 5 nitrogen and oxygen atoms in total. The molecule has 134 valence electrons. The second kappa shape index (κ2) is 7.65. The number of anilines is 1. The summed E-state index contributed by atoms with van der Waals surface area (Å²) in [6.45, 7) is 0.421. The Kier molecular flexibility index (Phi) is 5.10. The summed E-state index contributed by atoms with van der Waals surface area (Å²) >= 11 is 3.01. The molecule has 1 unspecified atom stereocenters. The second-order valence-corrected chi connectivity index (χ2v) is 8.28. The second-order valence-electron chi connectivity index (χ2n) is 6.25. The van der Waals surface area contributed by atoms with Gasteiger partial charge in [-0.05, 0) is 30.7 Å². The van der Waals surface area contributed by atoms with Gasteiger partial charge < -0.3 is 4.74 Å². The van der Waals surface area contributed by atoms with Crippen LogP contribution in [0.15, 0.2) is 35.7 Å². The molecule has 1 amide bonds. The molecular formula is C19H19N3O2S2. The average molecular weight is 386 g/mol. The summed E-state index contributed by atoms with van der Waals surface area (Å²) in [5, 5.41) is 6.11. The van der Waals surface area contributed by atoms with Crippen LogP contribution in [-0.4, -0.2) is 23.0 Å². The number of benzene rings is 1. The Labute approximate surface area is 160 Å². The number of carbonyl (C=O) groups excluding carboxylic acids is 1. The highest BCUT2D eigenvalue weighted by atomic mass is 32.1. The van der Waals surface area contributed by atoms with Crippen molar-refractivity contribution in [2.24, 2.45) is 0 Å². The van der Waals surface area contributed by atoms with Crippen LogP contribution in [0.25, 0.3) is 0 Å². The smallest absolute Gasteiger partial charge is 0.276 e. The van der Waals surface area contributed by atoms with Crippen molar-refractivity contribution in [1.29, 1.82) is 0 Å². The third-order valence-corrected chi connectivity index (χ3v) is 6.34. The summed E-state index contributed by atoms with van der Waals surface area (Å²) < 4.78 is 5.05. The molecule has 1 atom stereocenters. The summed E-state index contributed by atoms with van der Waals surface area (Å²) in [5.74, 6) is 0.317. The van der Waals surface area contributed by atoms with Crippen LogP contribution in [0.3, 0.4) is 0 Å². The lowest BCUT2D eigenvalue weighted by Crippen LogP contribution is -2.12. The predicted octanol–water partition coefficient (Wildman–Crippen LogP) is 4.27. The molecule has 0 bridgehead atoms. The van der Waals surface area contributed by atoms with Crippen molar-refractivity contribution in [2.45, 2.75) is 31.8 Å². The topological polar surface area (TPSA) is 64.1 Å². The van der Waals surface area contributed by atoms with Gasteiger partial charge in [0.2, 0.25) is 0 Å². The molecule has 1 aliphatic rings. The molecule has 1 N–H and O–H groups in total. The Bertz CT molecular complexity index is 905. The van der Waals surface area contributed by atoms with Gasteiger partial charge in [-0.3, -0.25) is 10.1 Å². The van der Waals surface area contributed by atoms with E-state index in [4.69, 9.17) is 4.74 Å². The lowest BCUT2D eigenvalue weighted by Gasteiger charge is -2.21. The van der Waals surface area contributed by atoms with Crippen molar-refractivity contribution in [3.05, 3.63) is 62.5 Å². The molecule has 1 aromatic carbocycles. The summed E-state index contributed by atoms with van der Waals surface area (Å²) in [6, 6.07) is 10.6. The summed E-state index contributed by atoms with van der Waals surface area (Å²) in [6.07, 6.45) is 3.04. The number of nitrogens with one attached hydrogen (secondary N) is 1. The highest BCUT2D eigenvalue weighted by Crippen LogP contribution is 2.37. The van der Waals surface area contributed by atoms with Gasteiger partial charge in [-0.15, -0.1) is 22.7 Å². The molecule has 2 heterocycles. The Hall–Kier alpha value is -2.09. The molecule has 0 spiro atoms. The molecule has 0 aliphatic heterocycles. The normalized spacial score (nSPS) is 16.3. The first-order chi connectivity index (χ1) is 12.7. The molecule has 2 aromatic heterocycles. The summed E-state index contributed by atoms with van der Waals surface area (Å²) in [7, 11) is 1.62. The van der Waals surface area contributed by atoms with Gasteiger partial charge in [0.25, 0.3) is 5.91 Å². The van der Waals surface area contributed by atoms with Crippen LogP contribution in [0.2, 0.25) is 0 Å². The van der Waals surface area contributed by atoms with Gasteiger partial charge in [0.15, 0.2) is 5.13 Å². The Balaban J connectivity index is 1.45. The third-order valence-electron chi connectivity index (χ3n) is 4.48. The molecular weight excluding hydrogens is 366 g/mol. The van der Waals surface area contributed by atoms with E-state index in [0.29, 0.717) is 23.4 Å². The summed E-state index contributed by atoms with van der Waals surface area (Å²) in [4.78, 5) is 22.6. The first-order valence-electron chi connectivity index (χ1n) is 8.51. The van der Waals surface area contributed by atoms with Crippen molar-refractivity contribution in [1.82, 2.24) is 9.97 Å². The zero-order chi connectivity index (χ0) is 17.9. The average Bonchev–Trinajstić information content (AvgIpc) is 3.28. The first kappa shape index (κ1) is 17.3. The van der Waals surface area contributed by atoms with E-state index in [1.54, 1.807) is 23.8 Å². The maximum absolute atomic E-state index is 12.4. The maximum atomic E-state index is 12.4. The monoisotopic (exact) mass is 385 g/mol. The van der Waals surface area contributed by atoms with Gasteiger partial charge in [-0.2, -0.15) is 0 Å². The maximum Gasteiger partial charge on any atom is 0.276 e. The quantitative estimate of drug-likeness (QED) is 0.712. The Morgan fingerprint density at radius 2 is 2.15 bits per heavy atom. The zero-order valence-corrected chi connectivity index (χ0v) is 16.0. The minimum atomic E-state index is -0.214. The number of hydrogen-bond acceptors (Lipinski definition) is 6. The lowest BCUT2D eigenvalue weighted by molar-refractivity contribution is 0.102. The molecule has 0 saturated heterocycles.